The molecule has 2 aromatic heterocycles. The number of nitrogens with zero attached hydrogens (tertiary/aromatic N) is 3. The van der Waals surface area contributed by atoms with Crippen molar-refractivity contribution < 1.29 is 12.8 Å². The molecule has 3 aromatic carbocycles. The van der Waals surface area contributed by atoms with Gasteiger partial charge in [-0.05, 0) is 57.2 Å². The summed E-state index contributed by atoms with van der Waals surface area (Å²) in [7, 11) is -3.73. The normalized spacial score (nSPS) is 12.0. The van der Waals surface area contributed by atoms with E-state index >= 15 is 0 Å². The first-order valence-electron chi connectivity index (χ1n) is 11.1. The maximum absolute atomic E-state index is 13.5. The third-order valence-corrected chi connectivity index (χ3v) is 8.01. The van der Waals surface area contributed by atoms with Crippen molar-refractivity contribution in [2.75, 3.05) is 5.73 Å². The number of aromatic amines is 1. The second-order valence-electron chi connectivity index (χ2n) is 8.71. The number of aromatic nitrogens is 4. The number of halogens is 1. The van der Waals surface area contributed by atoms with Crippen LogP contribution in [0.25, 0.3) is 44.9 Å². The molecule has 0 spiro atoms. The molecule has 0 saturated heterocycles. The van der Waals surface area contributed by atoms with Crippen molar-refractivity contribution in [3.05, 3.63) is 78.1 Å². The summed E-state index contributed by atoms with van der Waals surface area (Å²) in [5.74, 6) is 0.152. The third kappa shape index (κ3) is 3.97. The number of rotatable bonds is 5. The molecule has 5 rings (SSSR count). The SMILES string of the molecule is Cc1ccc(-c2[nH]c(-c3ccc(F)cc3)nc2-c2ccc3nc(N)n(S(=O)(=O)C(C)C)c3c2)cc1. The number of fused-ring (bicyclic) bond motifs is 1. The summed E-state index contributed by atoms with van der Waals surface area (Å²) < 4.78 is 40.6. The van der Waals surface area contributed by atoms with E-state index in [4.69, 9.17) is 10.7 Å². The maximum Gasteiger partial charge on any atom is 0.244 e. The number of nitrogens with one attached hydrogen (secondary N) is 1. The van der Waals surface area contributed by atoms with Crippen LogP contribution < -0.4 is 5.73 Å². The molecule has 178 valence electrons. The molecule has 0 unspecified atom stereocenters. The Bertz CT molecular complexity index is 1650. The number of hydrogen-bond acceptors (Lipinski definition) is 5. The molecule has 0 fully saturated rings. The smallest absolute Gasteiger partial charge is 0.244 e. The van der Waals surface area contributed by atoms with E-state index in [1.807, 2.05) is 37.3 Å². The molecule has 0 bridgehead atoms. The lowest BCUT2D eigenvalue weighted by Crippen LogP contribution is -2.23. The van der Waals surface area contributed by atoms with Crippen LogP contribution in [0.2, 0.25) is 0 Å². The summed E-state index contributed by atoms with van der Waals surface area (Å²) in [5, 5.41) is -0.676. The molecule has 0 radical (unpaired) electrons. The first kappa shape index (κ1) is 22.8. The number of aryl methyl sites for hydroxylation is 1. The van der Waals surface area contributed by atoms with E-state index in [0.717, 1.165) is 26.4 Å². The Hall–Kier alpha value is -3.98. The van der Waals surface area contributed by atoms with Gasteiger partial charge in [-0.3, -0.25) is 0 Å². The van der Waals surface area contributed by atoms with Gasteiger partial charge in [0, 0.05) is 16.7 Å². The molecular weight excluding hydrogens is 465 g/mol. The van der Waals surface area contributed by atoms with Crippen LogP contribution in [0.4, 0.5) is 10.3 Å². The number of H-pyrrole nitrogens is 1. The molecule has 0 atom stereocenters. The molecule has 0 saturated carbocycles. The predicted octanol–water partition coefficient (Wildman–Crippen LogP) is 5.38. The fraction of sp³-hybridized carbons (Fsp3) is 0.154. The zero-order chi connectivity index (χ0) is 24.9. The highest BCUT2D eigenvalue weighted by Gasteiger charge is 2.25. The highest BCUT2D eigenvalue weighted by atomic mass is 32.2. The molecule has 3 N–H and O–H groups in total. The topological polar surface area (TPSA) is 107 Å². The average molecular weight is 490 g/mol. The van der Waals surface area contributed by atoms with Crippen LogP contribution in [-0.4, -0.2) is 32.6 Å². The summed E-state index contributed by atoms with van der Waals surface area (Å²) in [6.45, 7) is 5.21. The minimum atomic E-state index is -3.73. The number of nitrogen functional groups attached to an aromatic ring is 1. The van der Waals surface area contributed by atoms with Gasteiger partial charge in [-0.25, -0.2) is 26.7 Å². The van der Waals surface area contributed by atoms with E-state index in [-0.39, 0.29) is 11.8 Å². The van der Waals surface area contributed by atoms with Gasteiger partial charge in [-0.15, -0.1) is 0 Å². The van der Waals surface area contributed by atoms with Crippen molar-refractivity contribution >= 4 is 27.0 Å². The Morgan fingerprint density at radius 1 is 0.914 bits per heavy atom. The van der Waals surface area contributed by atoms with E-state index in [2.05, 4.69) is 9.97 Å². The van der Waals surface area contributed by atoms with E-state index in [9.17, 15) is 12.8 Å². The van der Waals surface area contributed by atoms with Gasteiger partial charge in [0.05, 0.1) is 27.7 Å². The van der Waals surface area contributed by atoms with Crippen molar-refractivity contribution in [1.29, 1.82) is 0 Å². The van der Waals surface area contributed by atoms with Crippen molar-refractivity contribution in [1.82, 2.24) is 18.9 Å². The van der Waals surface area contributed by atoms with Crippen molar-refractivity contribution in [2.45, 2.75) is 26.0 Å². The van der Waals surface area contributed by atoms with Crippen molar-refractivity contribution in [2.24, 2.45) is 0 Å². The first-order chi connectivity index (χ1) is 16.6. The highest BCUT2D eigenvalue weighted by molar-refractivity contribution is 7.90. The van der Waals surface area contributed by atoms with Gasteiger partial charge in [0.25, 0.3) is 0 Å². The Morgan fingerprint density at radius 3 is 2.20 bits per heavy atom. The van der Waals surface area contributed by atoms with Crippen LogP contribution in [0.1, 0.15) is 19.4 Å². The van der Waals surface area contributed by atoms with Gasteiger partial charge in [0.1, 0.15) is 11.6 Å². The summed E-state index contributed by atoms with van der Waals surface area (Å²) >= 11 is 0. The van der Waals surface area contributed by atoms with Gasteiger partial charge in [-0.2, -0.15) is 0 Å². The minimum absolute atomic E-state index is 0.0846. The minimum Gasteiger partial charge on any atom is -0.368 e. The fourth-order valence-corrected chi connectivity index (χ4v) is 5.10. The van der Waals surface area contributed by atoms with Crippen LogP contribution in [-0.2, 0) is 10.0 Å². The molecule has 0 aliphatic rings. The highest BCUT2D eigenvalue weighted by Crippen LogP contribution is 2.35. The second-order valence-corrected chi connectivity index (χ2v) is 11.1. The van der Waals surface area contributed by atoms with E-state index in [1.165, 1.54) is 12.1 Å². The second kappa shape index (κ2) is 8.35. The third-order valence-electron chi connectivity index (χ3n) is 5.92. The summed E-state index contributed by atoms with van der Waals surface area (Å²) in [6, 6.07) is 19.4. The monoisotopic (exact) mass is 489 g/mol. The summed E-state index contributed by atoms with van der Waals surface area (Å²) in [5.41, 5.74) is 11.7. The molecule has 2 heterocycles. The van der Waals surface area contributed by atoms with E-state index in [0.29, 0.717) is 28.1 Å². The van der Waals surface area contributed by atoms with Crippen LogP contribution in [0.3, 0.4) is 0 Å². The Morgan fingerprint density at radius 2 is 1.54 bits per heavy atom. The van der Waals surface area contributed by atoms with Crippen LogP contribution >= 0.6 is 0 Å². The first-order valence-corrected chi connectivity index (χ1v) is 12.6. The lowest BCUT2D eigenvalue weighted by molar-refractivity contribution is 0.580. The quantitative estimate of drug-likeness (QED) is 0.345. The van der Waals surface area contributed by atoms with Gasteiger partial charge in [-0.1, -0.05) is 35.9 Å². The molecule has 7 nitrogen and oxygen atoms in total. The molecule has 9 heteroatoms. The number of benzene rings is 3. The van der Waals surface area contributed by atoms with Crippen molar-refractivity contribution in [3.63, 3.8) is 0 Å². The molecular formula is C26H24FN5O2S. The number of imidazole rings is 2. The zero-order valence-electron chi connectivity index (χ0n) is 19.4. The molecule has 0 amide bonds. The van der Waals surface area contributed by atoms with Crippen LogP contribution in [0.15, 0.2) is 66.7 Å². The van der Waals surface area contributed by atoms with Gasteiger partial charge >= 0.3 is 0 Å². The molecule has 0 aliphatic carbocycles. The van der Waals surface area contributed by atoms with Gasteiger partial charge in [0.15, 0.2) is 0 Å². The van der Waals surface area contributed by atoms with Crippen molar-refractivity contribution in [3.8, 4) is 33.9 Å². The Balaban J connectivity index is 1.74. The summed E-state index contributed by atoms with van der Waals surface area (Å²) in [6.07, 6.45) is 0. The maximum atomic E-state index is 13.5. The Labute approximate surface area is 202 Å². The molecule has 5 aromatic rings. The lowest BCUT2D eigenvalue weighted by atomic mass is 10.0. The van der Waals surface area contributed by atoms with E-state index in [1.54, 1.807) is 38.1 Å². The average Bonchev–Trinajstić information content (AvgIpc) is 3.40. The standard InChI is InChI=1S/C26H24FN5O2S/c1-15(2)35(33,34)32-22-14-19(10-13-21(22)29-26(32)28)24-23(17-6-4-16(3)5-7-17)30-25(31-24)18-8-11-20(27)12-9-18/h4-15H,1-3H3,(H2,28,29)(H,30,31). The predicted molar refractivity (Wildman–Crippen MR) is 137 cm³/mol. The zero-order valence-corrected chi connectivity index (χ0v) is 20.3. The van der Waals surface area contributed by atoms with Gasteiger partial charge < -0.3 is 10.7 Å². The van der Waals surface area contributed by atoms with Crippen LogP contribution in [0, 0.1) is 12.7 Å². The Kier molecular flexibility index (Phi) is 5.44. The largest absolute Gasteiger partial charge is 0.368 e. The number of hydrogen-bond donors (Lipinski definition) is 2. The number of nitrogens with two attached hydrogens (primary N) is 1. The fourth-order valence-electron chi connectivity index (χ4n) is 3.95. The van der Waals surface area contributed by atoms with Crippen LogP contribution in [0.5, 0.6) is 0 Å². The number of anilines is 1. The lowest BCUT2D eigenvalue weighted by Gasteiger charge is -2.11. The molecule has 0 aliphatic heterocycles. The molecule has 35 heavy (non-hydrogen) atoms. The van der Waals surface area contributed by atoms with E-state index < -0.39 is 15.3 Å². The summed E-state index contributed by atoms with van der Waals surface area (Å²) in [4.78, 5) is 12.4. The van der Waals surface area contributed by atoms with Gasteiger partial charge in [0.2, 0.25) is 16.0 Å².